The van der Waals surface area contributed by atoms with Gasteiger partial charge in [-0.3, -0.25) is 4.79 Å². The van der Waals surface area contributed by atoms with Gasteiger partial charge < -0.3 is 10.4 Å². The number of aromatic nitrogens is 1. The lowest BCUT2D eigenvalue weighted by Crippen LogP contribution is -2.07. The van der Waals surface area contributed by atoms with Gasteiger partial charge >= 0.3 is 5.97 Å². The molecule has 1 aromatic carbocycles. The maximum Gasteiger partial charge on any atom is 0.310 e. The van der Waals surface area contributed by atoms with E-state index in [-0.39, 0.29) is 0 Å². The summed E-state index contributed by atoms with van der Waals surface area (Å²) in [5, 5.41) is 12.5. The summed E-state index contributed by atoms with van der Waals surface area (Å²) in [5.41, 5.74) is 1.37. The van der Waals surface area contributed by atoms with Crippen LogP contribution in [0.3, 0.4) is 0 Å². The van der Waals surface area contributed by atoms with Gasteiger partial charge in [0, 0.05) is 6.20 Å². The maximum absolute atomic E-state index is 10.9. The number of aliphatic carboxylic acids is 1. The predicted octanol–water partition coefficient (Wildman–Crippen LogP) is 3.67. The van der Waals surface area contributed by atoms with E-state index in [0.717, 1.165) is 0 Å². The highest BCUT2D eigenvalue weighted by Gasteiger charge is 2.14. The van der Waals surface area contributed by atoms with E-state index in [1.165, 1.54) is 0 Å². The normalized spacial score (nSPS) is 11.9. The van der Waals surface area contributed by atoms with Crippen molar-refractivity contribution in [3.05, 3.63) is 53.2 Å². The molecule has 1 unspecified atom stereocenters. The Morgan fingerprint density at radius 3 is 2.74 bits per heavy atom. The second kappa shape index (κ2) is 5.71. The van der Waals surface area contributed by atoms with Gasteiger partial charge in [0.15, 0.2) is 0 Å². The van der Waals surface area contributed by atoms with Gasteiger partial charge in [0.1, 0.15) is 5.82 Å². The van der Waals surface area contributed by atoms with Crippen molar-refractivity contribution in [2.24, 2.45) is 0 Å². The minimum absolute atomic E-state index is 0.469. The van der Waals surface area contributed by atoms with E-state index in [1.807, 2.05) is 18.2 Å². The number of nitrogens with zero attached hydrogens (tertiary/aromatic N) is 1. The molecule has 2 aromatic rings. The molecule has 2 rings (SSSR count). The highest BCUT2D eigenvalue weighted by molar-refractivity contribution is 6.33. The zero-order valence-corrected chi connectivity index (χ0v) is 11.1. The first-order valence-electron chi connectivity index (χ1n) is 5.78. The van der Waals surface area contributed by atoms with Crippen molar-refractivity contribution in [2.75, 3.05) is 5.32 Å². The number of halogens is 1. The first kappa shape index (κ1) is 13.4. The van der Waals surface area contributed by atoms with Crippen LogP contribution in [-0.4, -0.2) is 16.1 Å². The molecule has 1 heterocycles. The number of hydrogen-bond acceptors (Lipinski definition) is 3. The number of anilines is 2. The van der Waals surface area contributed by atoms with Crippen molar-refractivity contribution in [1.82, 2.24) is 4.98 Å². The largest absolute Gasteiger partial charge is 0.481 e. The van der Waals surface area contributed by atoms with Gasteiger partial charge in [-0.2, -0.15) is 0 Å². The molecule has 4 nitrogen and oxygen atoms in total. The van der Waals surface area contributed by atoms with Crippen LogP contribution in [0.25, 0.3) is 0 Å². The van der Waals surface area contributed by atoms with Gasteiger partial charge in [-0.1, -0.05) is 23.7 Å². The molecule has 1 atom stereocenters. The molecule has 0 aliphatic rings. The smallest absolute Gasteiger partial charge is 0.310 e. The second-order valence-corrected chi connectivity index (χ2v) is 4.55. The summed E-state index contributed by atoms with van der Waals surface area (Å²) in [6.45, 7) is 1.62. The molecule has 0 amide bonds. The Hall–Kier alpha value is -2.07. The molecule has 0 aliphatic heterocycles. The van der Waals surface area contributed by atoms with Crippen LogP contribution >= 0.6 is 11.6 Å². The average Bonchev–Trinajstić information content (AvgIpc) is 2.41. The number of carbonyl (C=O) groups is 1. The summed E-state index contributed by atoms with van der Waals surface area (Å²) in [6.07, 6.45) is 1.68. The van der Waals surface area contributed by atoms with Crippen molar-refractivity contribution >= 4 is 29.1 Å². The molecule has 0 fully saturated rings. The van der Waals surface area contributed by atoms with E-state index < -0.39 is 11.9 Å². The average molecular weight is 277 g/mol. The van der Waals surface area contributed by atoms with Gasteiger partial charge in [-0.05, 0) is 36.8 Å². The summed E-state index contributed by atoms with van der Waals surface area (Å²) < 4.78 is 0. The van der Waals surface area contributed by atoms with Crippen LogP contribution in [0.5, 0.6) is 0 Å². The van der Waals surface area contributed by atoms with Gasteiger partial charge in [0.2, 0.25) is 0 Å². The lowest BCUT2D eigenvalue weighted by Gasteiger charge is -2.11. The molecular weight excluding hydrogens is 264 g/mol. The van der Waals surface area contributed by atoms with Crippen LogP contribution in [0.2, 0.25) is 5.02 Å². The third-order valence-electron chi connectivity index (χ3n) is 2.79. The summed E-state index contributed by atoms with van der Waals surface area (Å²) >= 11 is 6.14. The zero-order valence-electron chi connectivity index (χ0n) is 10.3. The lowest BCUT2D eigenvalue weighted by atomic mass is 10.0. The molecule has 1 aromatic heterocycles. The van der Waals surface area contributed by atoms with Crippen molar-refractivity contribution in [3.63, 3.8) is 0 Å². The Morgan fingerprint density at radius 1 is 1.37 bits per heavy atom. The first-order valence-corrected chi connectivity index (χ1v) is 6.16. The fourth-order valence-electron chi connectivity index (χ4n) is 1.62. The molecule has 5 heteroatoms. The summed E-state index contributed by atoms with van der Waals surface area (Å²) in [6, 6.07) is 10.7. The van der Waals surface area contributed by atoms with Crippen molar-refractivity contribution in [3.8, 4) is 0 Å². The second-order valence-electron chi connectivity index (χ2n) is 4.14. The monoisotopic (exact) mass is 276 g/mol. The van der Waals surface area contributed by atoms with Crippen LogP contribution in [-0.2, 0) is 4.79 Å². The molecule has 0 radical (unpaired) electrons. The summed E-state index contributed by atoms with van der Waals surface area (Å²) in [7, 11) is 0. The van der Waals surface area contributed by atoms with E-state index >= 15 is 0 Å². The van der Waals surface area contributed by atoms with Crippen molar-refractivity contribution in [1.29, 1.82) is 0 Å². The zero-order chi connectivity index (χ0) is 13.8. The quantitative estimate of drug-likeness (QED) is 0.894. The Labute approximate surface area is 116 Å². The third-order valence-corrected chi connectivity index (χ3v) is 3.10. The number of rotatable bonds is 4. The topological polar surface area (TPSA) is 62.2 Å². The highest BCUT2D eigenvalue weighted by Crippen LogP contribution is 2.28. The number of pyridine rings is 1. The van der Waals surface area contributed by atoms with Crippen molar-refractivity contribution in [2.45, 2.75) is 12.8 Å². The number of carboxylic acid groups (broad SMARTS) is 1. The number of carboxylic acids is 1. The highest BCUT2D eigenvalue weighted by atomic mass is 35.5. The van der Waals surface area contributed by atoms with Gasteiger partial charge in [0.05, 0.1) is 16.6 Å². The Balaban J connectivity index is 2.23. The lowest BCUT2D eigenvalue weighted by molar-refractivity contribution is -0.138. The standard InChI is InChI=1S/C14H13ClN2O2/c1-9(14(18)19)10-5-6-12(11(15)8-10)17-13-4-2-3-7-16-13/h2-9H,1H3,(H,16,17)(H,18,19). The summed E-state index contributed by atoms with van der Waals surface area (Å²) in [4.78, 5) is 15.1. The third kappa shape index (κ3) is 3.23. The SMILES string of the molecule is CC(C(=O)O)c1ccc(Nc2ccccn2)c(Cl)c1. The molecule has 0 saturated heterocycles. The minimum Gasteiger partial charge on any atom is -0.481 e. The Kier molecular flexibility index (Phi) is 4.02. The van der Waals surface area contributed by atoms with Crippen molar-refractivity contribution < 1.29 is 9.90 Å². The fraction of sp³-hybridized carbons (Fsp3) is 0.143. The maximum atomic E-state index is 10.9. The van der Waals surface area contributed by atoms with Crippen LogP contribution < -0.4 is 5.32 Å². The van der Waals surface area contributed by atoms with Crippen LogP contribution in [0.4, 0.5) is 11.5 Å². The Bertz CT molecular complexity index is 587. The minimum atomic E-state index is -0.874. The van der Waals surface area contributed by atoms with E-state index in [4.69, 9.17) is 16.7 Å². The molecule has 0 saturated carbocycles. The van der Waals surface area contributed by atoms with Gasteiger partial charge in [-0.25, -0.2) is 4.98 Å². The summed E-state index contributed by atoms with van der Waals surface area (Å²) in [5.74, 6) is -0.772. The fourth-order valence-corrected chi connectivity index (χ4v) is 1.86. The molecule has 0 aliphatic carbocycles. The van der Waals surface area contributed by atoms with Crippen LogP contribution in [0.15, 0.2) is 42.6 Å². The van der Waals surface area contributed by atoms with Gasteiger partial charge in [-0.15, -0.1) is 0 Å². The molecule has 0 bridgehead atoms. The van der Waals surface area contributed by atoms with E-state index in [9.17, 15) is 4.79 Å². The van der Waals surface area contributed by atoms with E-state index in [2.05, 4.69) is 10.3 Å². The van der Waals surface area contributed by atoms with Crippen LogP contribution in [0.1, 0.15) is 18.4 Å². The number of hydrogen-bond donors (Lipinski definition) is 2. The molecule has 19 heavy (non-hydrogen) atoms. The van der Waals surface area contributed by atoms with E-state index in [0.29, 0.717) is 22.1 Å². The molecule has 0 spiro atoms. The molecule has 98 valence electrons. The van der Waals surface area contributed by atoms with Crippen LogP contribution in [0, 0.1) is 0 Å². The van der Waals surface area contributed by atoms with E-state index in [1.54, 1.807) is 31.3 Å². The van der Waals surface area contributed by atoms with Gasteiger partial charge in [0.25, 0.3) is 0 Å². The number of benzene rings is 1. The Morgan fingerprint density at radius 2 is 2.16 bits per heavy atom. The molecule has 2 N–H and O–H groups in total. The predicted molar refractivity (Wildman–Crippen MR) is 75.0 cm³/mol. The number of nitrogens with one attached hydrogen (secondary N) is 1. The molecular formula is C14H13ClN2O2. The first-order chi connectivity index (χ1) is 9.08.